The van der Waals surface area contributed by atoms with E-state index in [0.717, 1.165) is 31.5 Å². The second-order valence-corrected chi connectivity index (χ2v) is 6.42. The highest BCUT2D eigenvalue weighted by Crippen LogP contribution is 2.69. The molecule has 2 saturated carbocycles. The van der Waals surface area contributed by atoms with Gasteiger partial charge in [-0.2, -0.15) is 0 Å². The quantitative estimate of drug-likeness (QED) is 0.872. The smallest absolute Gasteiger partial charge is 0.145 e. The predicted molar refractivity (Wildman–Crippen MR) is 72.5 cm³/mol. The average Bonchev–Trinajstić information content (AvgIpc) is 3.09. The number of halogens is 2. The Labute approximate surface area is 113 Å². The lowest BCUT2D eigenvalue weighted by Gasteiger charge is -2.49. The fourth-order valence-electron chi connectivity index (χ4n) is 3.60. The van der Waals surface area contributed by atoms with E-state index in [4.69, 9.17) is 11.6 Å². The van der Waals surface area contributed by atoms with Gasteiger partial charge in [0.25, 0.3) is 0 Å². The third-order valence-electron chi connectivity index (χ3n) is 4.62. The van der Waals surface area contributed by atoms with Crippen LogP contribution in [0.1, 0.15) is 38.2 Å². The Morgan fingerprint density at radius 2 is 2.06 bits per heavy atom. The highest BCUT2D eigenvalue weighted by Gasteiger charge is 2.61. The summed E-state index contributed by atoms with van der Waals surface area (Å²) >= 11 is 5.93. The second-order valence-electron chi connectivity index (χ2n) is 6.02. The summed E-state index contributed by atoms with van der Waals surface area (Å²) in [6, 6.07) is 5.41. The van der Waals surface area contributed by atoms with Crippen LogP contribution in [0.4, 0.5) is 4.39 Å². The van der Waals surface area contributed by atoms with Crippen LogP contribution in [0, 0.1) is 11.2 Å². The highest BCUT2D eigenvalue weighted by atomic mass is 35.5. The van der Waals surface area contributed by atoms with E-state index in [0.29, 0.717) is 5.41 Å². The maximum atomic E-state index is 14.3. The van der Waals surface area contributed by atoms with Crippen LogP contribution in [0.3, 0.4) is 0 Å². The van der Waals surface area contributed by atoms with Crippen LogP contribution >= 0.6 is 11.6 Å². The molecule has 2 aliphatic rings. The van der Waals surface area contributed by atoms with Gasteiger partial charge in [0.05, 0.1) is 5.02 Å². The maximum Gasteiger partial charge on any atom is 0.145 e. The molecule has 0 aliphatic heterocycles. The van der Waals surface area contributed by atoms with Gasteiger partial charge in [0.1, 0.15) is 5.82 Å². The molecule has 3 heteroatoms. The first-order valence-corrected chi connectivity index (χ1v) is 7.14. The molecule has 1 N–H and O–H groups in total. The number of likely N-dealkylation sites (N-methyl/N-ethyl adjacent to an activating group) is 1. The largest absolute Gasteiger partial charge is 0.316 e. The molecular formula is C15H19ClFN. The molecule has 98 valence electrons. The summed E-state index contributed by atoms with van der Waals surface area (Å²) in [6.07, 6.45) is 4.88. The number of hydrogen-bond acceptors (Lipinski definition) is 1. The van der Waals surface area contributed by atoms with Crippen LogP contribution in [0.2, 0.25) is 5.02 Å². The SMILES string of the molecule is CCNCC1(c2cccc(Cl)c2F)CC2(CC2)C1. The third-order valence-corrected chi connectivity index (χ3v) is 4.91. The van der Waals surface area contributed by atoms with E-state index in [-0.39, 0.29) is 16.3 Å². The number of rotatable bonds is 4. The Balaban J connectivity index is 1.91. The highest BCUT2D eigenvalue weighted by molar-refractivity contribution is 6.30. The summed E-state index contributed by atoms with van der Waals surface area (Å²) in [4.78, 5) is 0. The molecule has 1 spiro atoms. The van der Waals surface area contributed by atoms with Crippen LogP contribution < -0.4 is 5.32 Å². The van der Waals surface area contributed by atoms with Crippen molar-refractivity contribution in [2.24, 2.45) is 5.41 Å². The molecule has 0 unspecified atom stereocenters. The van der Waals surface area contributed by atoms with Gasteiger partial charge in [-0.3, -0.25) is 0 Å². The van der Waals surface area contributed by atoms with Crippen molar-refractivity contribution >= 4 is 11.6 Å². The fraction of sp³-hybridized carbons (Fsp3) is 0.600. The van der Waals surface area contributed by atoms with Crippen molar-refractivity contribution in [3.05, 3.63) is 34.6 Å². The van der Waals surface area contributed by atoms with Gasteiger partial charge in [0.15, 0.2) is 0 Å². The maximum absolute atomic E-state index is 14.3. The topological polar surface area (TPSA) is 12.0 Å². The van der Waals surface area contributed by atoms with Crippen molar-refractivity contribution in [2.45, 2.75) is 38.0 Å². The first kappa shape index (κ1) is 12.4. The van der Waals surface area contributed by atoms with E-state index >= 15 is 0 Å². The zero-order valence-corrected chi connectivity index (χ0v) is 11.5. The summed E-state index contributed by atoms with van der Waals surface area (Å²) in [7, 11) is 0. The molecule has 3 rings (SSSR count). The normalized spacial score (nSPS) is 22.8. The molecule has 0 heterocycles. The number of nitrogens with one attached hydrogen (secondary N) is 1. The Morgan fingerprint density at radius 3 is 2.67 bits per heavy atom. The van der Waals surface area contributed by atoms with Gasteiger partial charge in [-0.1, -0.05) is 30.7 Å². The van der Waals surface area contributed by atoms with Crippen LogP contribution in [0.15, 0.2) is 18.2 Å². The molecule has 0 radical (unpaired) electrons. The van der Waals surface area contributed by atoms with Crippen LogP contribution in [-0.2, 0) is 5.41 Å². The lowest BCUT2D eigenvalue weighted by Crippen LogP contribution is -2.50. The fourth-order valence-corrected chi connectivity index (χ4v) is 3.78. The molecule has 0 aromatic heterocycles. The van der Waals surface area contributed by atoms with E-state index in [1.807, 2.05) is 12.1 Å². The van der Waals surface area contributed by atoms with Gasteiger partial charge in [0, 0.05) is 12.0 Å². The minimum atomic E-state index is -0.215. The molecule has 1 aromatic carbocycles. The van der Waals surface area contributed by atoms with Crippen LogP contribution in [0.25, 0.3) is 0 Å². The molecule has 2 fully saturated rings. The molecule has 0 bridgehead atoms. The molecule has 0 amide bonds. The van der Waals surface area contributed by atoms with Crippen molar-refractivity contribution in [1.29, 1.82) is 0 Å². The summed E-state index contributed by atoms with van der Waals surface area (Å²) < 4.78 is 14.3. The molecule has 1 aromatic rings. The van der Waals surface area contributed by atoms with Gasteiger partial charge in [0.2, 0.25) is 0 Å². The van der Waals surface area contributed by atoms with Gasteiger partial charge < -0.3 is 5.32 Å². The summed E-state index contributed by atoms with van der Waals surface area (Å²) in [5, 5.41) is 3.64. The van der Waals surface area contributed by atoms with Gasteiger partial charge in [-0.25, -0.2) is 4.39 Å². The Morgan fingerprint density at radius 1 is 1.33 bits per heavy atom. The Kier molecular flexibility index (Phi) is 2.91. The van der Waals surface area contributed by atoms with Crippen molar-refractivity contribution in [1.82, 2.24) is 5.32 Å². The van der Waals surface area contributed by atoms with E-state index in [2.05, 4.69) is 12.2 Å². The number of hydrogen-bond donors (Lipinski definition) is 1. The number of benzene rings is 1. The van der Waals surface area contributed by atoms with Crippen molar-refractivity contribution in [3.63, 3.8) is 0 Å². The monoisotopic (exact) mass is 267 g/mol. The molecule has 1 nitrogen and oxygen atoms in total. The minimum absolute atomic E-state index is 0.0263. The molecule has 0 saturated heterocycles. The molecular weight excluding hydrogens is 249 g/mol. The van der Waals surface area contributed by atoms with Gasteiger partial charge in [-0.15, -0.1) is 0 Å². The standard InChI is InChI=1S/C15H19ClFN/c1-2-18-10-15(8-14(9-15)6-7-14)11-4-3-5-12(16)13(11)17/h3-5,18H,2,6-10H2,1H3. The predicted octanol–water partition coefficient (Wildman–Crippen LogP) is 3.90. The van der Waals surface area contributed by atoms with Crippen LogP contribution in [-0.4, -0.2) is 13.1 Å². The molecule has 18 heavy (non-hydrogen) atoms. The van der Waals surface area contributed by atoms with Gasteiger partial charge in [-0.05, 0) is 49.3 Å². The lowest BCUT2D eigenvalue weighted by molar-refractivity contribution is 0.113. The van der Waals surface area contributed by atoms with Crippen molar-refractivity contribution < 1.29 is 4.39 Å². The second kappa shape index (κ2) is 4.21. The Bertz CT molecular complexity index is 460. The lowest BCUT2D eigenvalue weighted by atomic mass is 9.56. The first-order valence-electron chi connectivity index (χ1n) is 6.76. The van der Waals surface area contributed by atoms with E-state index in [1.165, 1.54) is 12.8 Å². The average molecular weight is 268 g/mol. The summed E-state index contributed by atoms with van der Waals surface area (Å²) in [5.74, 6) is -0.215. The first-order chi connectivity index (χ1) is 8.61. The molecule has 0 atom stereocenters. The van der Waals surface area contributed by atoms with Crippen LogP contribution in [0.5, 0.6) is 0 Å². The van der Waals surface area contributed by atoms with E-state index < -0.39 is 0 Å². The third kappa shape index (κ3) is 1.86. The zero-order chi connectivity index (χ0) is 12.8. The van der Waals surface area contributed by atoms with Crippen molar-refractivity contribution in [3.8, 4) is 0 Å². The van der Waals surface area contributed by atoms with Gasteiger partial charge >= 0.3 is 0 Å². The zero-order valence-electron chi connectivity index (χ0n) is 10.7. The molecule has 2 aliphatic carbocycles. The van der Waals surface area contributed by atoms with E-state index in [9.17, 15) is 4.39 Å². The Hall–Kier alpha value is -0.600. The summed E-state index contributed by atoms with van der Waals surface area (Å²) in [5.41, 5.74) is 1.33. The minimum Gasteiger partial charge on any atom is -0.316 e. The van der Waals surface area contributed by atoms with Crippen molar-refractivity contribution in [2.75, 3.05) is 13.1 Å². The van der Waals surface area contributed by atoms with E-state index in [1.54, 1.807) is 6.07 Å². The summed E-state index contributed by atoms with van der Waals surface area (Å²) in [6.45, 7) is 3.88.